The largest absolute Gasteiger partial charge is 0.452 e. The van der Waals surface area contributed by atoms with Gasteiger partial charge in [-0.3, -0.25) is 14.5 Å². The molecule has 3 aliphatic heterocycles. The van der Waals surface area contributed by atoms with Gasteiger partial charge in [-0.25, -0.2) is 15.0 Å². The van der Waals surface area contributed by atoms with Crippen molar-refractivity contribution in [2.45, 2.75) is 26.2 Å². The smallest absolute Gasteiger partial charge is 0.259 e. The molecule has 0 bridgehead atoms. The van der Waals surface area contributed by atoms with Crippen molar-refractivity contribution < 1.29 is 18.7 Å². The van der Waals surface area contributed by atoms with Gasteiger partial charge in [-0.2, -0.15) is 0 Å². The molecule has 7 heterocycles. The van der Waals surface area contributed by atoms with Gasteiger partial charge in [0.25, 0.3) is 11.8 Å². The van der Waals surface area contributed by atoms with Crippen LogP contribution >= 0.6 is 0 Å². The number of carbonyl (C=O) groups excluding carboxylic acids is 2. The number of nitrogens with zero attached hydrogens (tertiary/aromatic N) is 5. The average Bonchev–Trinajstić information content (AvgIpc) is 3.73. The van der Waals surface area contributed by atoms with E-state index in [1.807, 2.05) is 61.7 Å². The number of amides is 2. The standard InChI is InChI=1S/C39H35N7O4/c1-24-19-29(35(41-21-24)45-22-39(23-45)13-17-49-18-14-39)37(47)42-27-10-8-25(9-11-27)38(48)46-16-12-26-20-32(34-43-30-6-2-3-7-31(30)44-34)50-33(26)28-5-4-15-40-36(28)46/h2-11,15,19-21H,12-14,16-18,22-23H2,1H3,(H,42,47)(H,43,44). The molecule has 11 heteroatoms. The third-order valence-electron chi connectivity index (χ3n) is 10.1. The molecule has 0 atom stereocenters. The number of aromatic amines is 1. The van der Waals surface area contributed by atoms with E-state index in [0.717, 1.165) is 66.9 Å². The second-order valence-electron chi connectivity index (χ2n) is 13.5. The van der Waals surface area contributed by atoms with Crippen LogP contribution in [-0.2, 0) is 11.2 Å². The predicted molar refractivity (Wildman–Crippen MR) is 190 cm³/mol. The Morgan fingerprint density at radius 1 is 0.940 bits per heavy atom. The van der Waals surface area contributed by atoms with E-state index >= 15 is 0 Å². The summed E-state index contributed by atoms with van der Waals surface area (Å²) < 4.78 is 12.0. The number of anilines is 3. The molecule has 0 saturated carbocycles. The van der Waals surface area contributed by atoms with Crippen molar-refractivity contribution in [3.63, 3.8) is 0 Å². The average molecular weight is 666 g/mol. The van der Waals surface area contributed by atoms with Gasteiger partial charge in [0, 0.05) is 67.5 Å². The number of aromatic nitrogens is 4. The SMILES string of the molecule is Cc1cnc(N2CC3(CCOCC3)C2)c(C(=O)Nc2ccc(C(=O)N3CCc4cc(-c5nc6ccccc6[nH]5)oc4-c4cccnc43)cc2)c1. The van der Waals surface area contributed by atoms with E-state index in [1.54, 1.807) is 35.4 Å². The lowest BCUT2D eigenvalue weighted by Gasteiger charge is -2.53. The number of aryl methyl sites for hydroxylation is 1. The quantitative estimate of drug-likeness (QED) is 0.209. The van der Waals surface area contributed by atoms with Crippen LogP contribution in [0.1, 0.15) is 44.7 Å². The van der Waals surface area contributed by atoms with Gasteiger partial charge in [0.2, 0.25) is 0 Å². The Morgan fingerprint density at radius 2 is 1.76 bits per heavy atom. The first-order chi connectivity index (χ1) is 24.4. The summed E-state index contributed by atoms with van der Waals surface area (Å²) in [6, 6.07) is 22.5. The van der Waals surface area contributed by atoms with Crippen molar-refractivity contribution in [3.05, 3.63) is 107 Å². The first-order valence-corrected chi connectivity index (χ1v) is 17.0. The zero-order chi connectivity index (χ0) is 33.8. The molecular weight excluding hydrogens is 630 g/mol. The van der Waals surface area contributed by atoms with Gasteiger partial charge in [0.1, 0.15) is 17.4 Å². The van der Waals surface area contributed by atoms with Crippen LogP contribution in [0.5, 0.6) is 0 Å². The monoisotopic (exact) mass is 665 g/mol. The zero-order valence-electron chi connectivity index (χ0n) is 27.6. The minimum absolute atomic E-state index is 0.185. The maximum atomic E-state index is 14.0. The second kappa shape index (κ2) is 12.0. The third-order valence-corrected chi connectivity index (χ3v) is 10.1. The number of nitrogens with one attached hydrogen (secondary N) is 2. The highest BCUT2D eigenvalue weighted by molar-refractivity contribution is 6.09. The summed E-state index contributed by atoms with van der Waals surface area (Å²) >= 11 is 0. The molecule has 2 N–H and O–H groups in total. The van der Waals surface area contributed by atoms with Gasteiger partial charge in [0.15, 0.2) is 11.6 Å². The van der Waals surface area contributed by atoms with Crippen LogP contribution in [0, 0.1) is 12.3 Å². The fourth-order valence-electron chi connectivity index (χ4n) is 7.42. The summed E-state index contributed by atoms with van der Waals surface area (Å²) in [6.45, 7) is 5.69. The van der Waals surface area contributed by atoms with E-state index in [1.165, 1.54) is 0 Å². The summed E-state index contributed by atoms with van der Waals surface area (Å²) in [6.07, 6.45) is 6.14. The highest BCUT2D eigenvalue weighted by Crippen LogP contribution is 2.43. The Morgan fingerprint density at radius 3 is 2.58 bits per heavy atom. The van der Waals surface area contributed by atoms with Crippen LogP contribution < -0.4 is 15.1 Å². The molecule has 2 saturated heterocycles. The molecule has 250 valence electrons. The molecule has 9 rings (SSSR count). The molecule has 0 radical (unpaired) electrons. The van der Waals surface area contributed by atoms with Crippen molar-refractivity contribution in [2.75, 3.05) is 48.0 Å². The third kappa shape index (κ3) is 5.30. The topological polar surface area (TPSA) is 129 Å². The fourth-order valence-corrected chi connectivity index (χ4v) is 7.42. The maximum absolute atomic E-state index is 14.0. The molecule has 4 aromatic heterocycles. The number of pyridine rings is 2. The van der Waals surface area contributed by atoms with Crippen molar-refractivity contribution in [2.24, 2.45) is 5.41 Å². The molecule has 2 amide bonds. The lowest BCUT2D eigenvalue weighted by molar-refractivity contribution is -0.000510. The number of benzene rings is 2. The number of fused-ring (bicyclic) bond motifs is 4. The summed E-state index contributed by atoms with van der Waals surface area (Å²) in [5.41, 5.74) is 6.32. The molecule has 11 nitrogen and oxygen atoms in total. The number of imidazole rings is 1. The summed E-state index contributed by atoms with van der Waals surface area (Å²) in [7, 11) is 0. The van der Waals surface area contributed by atoms with E-state index in [2.05, 4.69) is 25.2 Å². The van der Waals surface area contributed by atoms with Gasteiger partial charge in [-0.1, -0.05) is 12.1 Å². The number of hydrogen-bond acceptors (Lipinski definition) is 8. The minimum atomic E-state index is -0.232. The first kappa shape index (κ1) is 30.3. The van der Waals surface area contributed by atoms with Crippen LogP contribution in [0.3, 0.4) is 0 Å². The molecule has 2 aromatic carbocycles. The van der Waals surface area contributed by atoms with E-state index in [-0.39, 0.29) is 17.2 Å². The van der Waals surface area contributed by atoms with Gasteiger partial charge < -0.3 is 24.4 Å². The number of hydrogen-bond donors (Lipinski definition) is 2. The lowest BCUT2D eigenvalue weighted by Crippen LogP contribution is -2.59. The van der Waals surface area contributed by atoms with Crippen LogP contribution in [-0.4, -0.2) is 64.6 Å². The van der Waals surface area contributed by atoms with E-state index < -0.39 is 0 Å². The first-order valence-electron chi connectivity index (χ1n) is 17.0. The Bertz CT molecular complexity index is 2230. The van der Waals surface area contributed by atoms with E-state index in [0.29, 0.717) is 58.8 Å². The lowest BCUT2D eigenvalue weighted by atomic mass is 9.73. The highest BCUT2D eigenvalue weighted by Gasteiger charge is 2.45. The van der Waals surface area contributed by atoms with Gasteiger partial charge >= 0.3 is 0 Å². The van der Waals surface area contributed by atoms with Crippen molar-refractivity contribution >= 4 is 40.2 Å². The Kier molecular flexibility index (Phi) is 7.24. The number of carbonyl (C=O) groups is 2. The van der Waals surface area contributed by atoms with Crippen LogP contribution in [0.25, 0.3) is 33.9 Å². The number of H-pyrrole nitrogens is 1. The second-order valence-corrected chi connectivity index (χ2v) is 13.5. The molecule has 0 unspecified atom stereocenters. The molecule has 3 aliphatic rings. The molecule has 1 spiro atoms. The van der Waals surface area contributed by atoms with Crippen LogP contribution in [0.4, 0.5) is 17.3 Å². The Hall–Kier alpha value is -5.81. The highest BCUT2D eigenvalue weighted by atomic mass is 16.5. The normalized spacial score (nSPS) is 16.4. The zero-order valence-corrected chi connectivity index (χ0v) is 27.6. The van der Waals surface area contributed by atoms with Gasteiger partial charge in [0.05, 0.1) is 22.2 Å². The molecule has 0 aliphatic carbocycles. The van der Waals surface area contributed by atoms with E-state index in [9.17, 15) is 9.59 Å². The number of ether oxygens (including phenoxy) is 1. The minimum Gasteiger partial charge on any atom is -0.452 e. The predicted octanol–water partition coefficient (Wildman–Crippen LogP) is 6.66. The van der Waals surface area contributed by atoms with Crippen molar-refractivity contribution in [1.29, 1.82) is 0 Å². The number of para-hydroxylation sites is 2. The van der Waals surface area contributed by atoms with Crippen molar-refractivity contribution in [1.82, 2.24) is 19.9 Å². The van der Waals surface area contributed by atoms with Crippen LogP contribution in [0.15, 0.2) is 89.6 Å². The molecule has 6 aromatic rings. The maximum Gasteiger partial charge on any atom is 0.259 e. The Balaban J connectivity index is 0.927. The summed E-state index contributed by atoms with van der Waals surface area (Å²) in [5.74, 6) is 2.80. The molecular formula is C39H35N7O4. The molecule has 2 fully saturated rings. The fraction of sp³-hybridized carbons (Fsp3) is 0.256. The Labute approximate surface area is 288 Å². The summed E-state index contributed by atoms with van der Waals surface area (Å²) in [5, 5.41) is 3.02. The van der Waals surface area contributed by atoms with E-state index in [4.69, 9.17) is 14.1 Å². The number of rotatable bonds is 5. The number of furan rings is 1. The van der Waals surface area contributed by atoms with Gasteiger partial charge in [-0.05, 0) is 92.4 Å². The van der Waals surface area contributed by atoms with Gasteiger partial charge in [-0.15, -0.1) is 0 Å². The van der Waals surface area contributed by atoms with Crippen LogP contribution in [0.2, 0.25) is 0 Å². The van der Waals surface area contributed by atoms with Crippen molar-refractivity contribution in [3.8, 4) is 22.9 Å². The molecule has 50 heavy (non-hydrogen) atoms. The summed E-state index contributed by atoms with van der Waals surface area (Å²) in [4.78, 5) is 48.8.